The Morgan fingerprint density at radius 3 is 2.41 bits per heavy atom. The first-order valence-corrected chi connectivity index (χ1v) is 7.24. The highest BCUT2D eigenvalue weighted by atomic mass is 32.2. The van der Waals surface area contributed by atoms with Gasteiger partial charge in [0.05, 0.1) is 12.4 Å². The van der Waals surface area contributed by atoms with Crippen LogP contribution in [-0.2, 0) is 25.6 Å². The summed E-state index contributed by atoms with van der Waals surface area (Å²) in [4.78, 5) is 0. The van der Waals surface area contributed by atoms with Gasteiger partial charge in [0.25, 0.3) is 10.1 Å². The van der Waals surface area contributed by atoms with Crippen LogP contribution in [0.2, 0.25) is 0 Å². The SMILES string of the molecule is CCS(=O)(=O)OC1(OCc2ccccc2)CC1. The summed E-state index contributed by atoms with van der Waals surface area (Å²) in [6, 6.07) is 9.63. The Labute approximate surface area is 102 Å². The van der Waals surface area contributed by atoms with Crippen LogP contribution in [0, 0.1) is 0 Å². The summed E-state index contributed by atoms with van der Waals surface area (Å²) >= 11 is 0. The normalized spacial score (nSPS) is 17.9. The lowest BCUT2D eigenvalue weighted by molar-refractivity contribution is -0.110. The lowest BCUT2D eigenvalue weighted by atomic mass is 10.2. The summed E-state index contributed by atoms with van der Waals surface area (Å²) in [6.07, 6.45) is 1.28. The average molecular weight is 256 g/mol. The largest absolute Gasteiger partial charge is 0.344 e. The van der Waals surface area contributed by atoms with Gasteiger partial charge in [-0.25, -0.2) is 4.18 Å². The summed E-state index contributed by atoms with van der Waals surface area (Å²) < 4.78 is 33.3. The summed E-state index contributed by atoms with van der Waals surface area (Å²) in [6.45, 7) is 1.93. The van der Waals surface area contributed by atoms with Crippen LogP contribution < -0.4 is 0 Å². The van der Waals surface area contributed by atoms with E-state index in [0.29, 0.717) is 19.4 Å². The van der Waals surface area contributed by atoms with Gasteiger partial charge < -0.3 is 4.74 Å². The van der Waals surface area contributed by atoms with E-state index in [0.717, 1.165) is 5.56 Å². The van der Waals surface area contributed by atoms with Gasteiger partial charge in [0.2, 0.25) is 0 Å². The Bertz CT molecular complexity index is 463. The third-order valence-electron chi connectivity index (χ3n) is 2.64. The quantitative estimate of drug-likeness (QED) is 0.577. The zero-order valence-electron chi connectivity index (χ0n) is 9.76. The predicted octanol–water partition coefficient (Wildman–Crippen LogP) is 2.06. The minimum atomic E-state index is -3.44. The number of benzene rings is 1. The first-order chi connectivity index (χ1) is 8.05. The molecule has 0 aromatic heterocycles. The summed E-state index contributed by atoms with van der Waals surface area (Å²) in [5.74, 6) is -0.922. The molecular weight excluding hydrogens is 240 g/mol. The third kappa shape index (κ3) is 3.52. The van der Waals surface area contributed by atoms with Crippen molar-refractivity contribution in [1.29, 1.82) is 0 Å². The van der Waals surface area contributed by atoms with E-state index >= 15 is 0 Å². The van der Waals surface area contributed by atoms with Crippen molar-refractivity contribution >= 4 is 10.1 Å². The standard InChI is InChI=1S/C12H16O4S/c1-2-17(13,14)16-12(8-9-12)15-10-11-6-4-3-5-7-11/h3-7H,2,8-10H2,1H3. The van der Waals surface area contributed by atoms with Gasteiger partial charge in [-0.3, -0.25) is 0 Å². The molecule has 0 saturated heterocycles. The minimum absolute atomic E-state index is 0.0244. The van der Waals surface area contributed by atoms with E-state index < -0.39 is 15.9 Å². The fourth-order valence-electron chi connectivity index (χ4n) is 1.43. The van der Waals surface area contributed by atoms with Crippen molar-refractivity contribution in [1.82, 2.24) is 0 Å². The zero-order valence-corrected chi connectivity index (χ0v) is 10.6. The van der Waals surface area contributed by atoms with E-state index in [-0.39, 0.29) is 5.75 Å². The van der Waals surface area contributed by atoms with Crippen LogP contribution in [0.4, 0.5) is 0 Å². The molecule has 1 fully saturated rings. The molecule has 0 spiro atoms. The molecule has 0 atom stereocenters. The summed E-state index contributed by atoms with van der Waals surface area (Å²) in [5.41, 5.74) is 1.01. The molecule has 1 aliphatic carbocycles. The van der Waals surface area contributed by atoms with E-state index in [1.54, 1.807) is 6.92 Å². The predicted molar refractivity (Wildman–Crippen MR) is 63.7 cm³/mol. The molecule has 2 rings (SSSR count). The molecule has 0 bridgehead atoms. The lowest BCUT2D eigenvalue weighted by Crippen LogP contribution is -2.24. The highest BCUT2D eigenvalue weighted by Gasteiger charge is 2.49. The van der Waals surface area contributed by atoms with Crippen molar-refractivity contribution in [2.75, 3.05) is 5.75 Å². The Balaban J connectivity index is 1.91. The Morgan fingerprint density at radius 2 is 1.88 bits per heavy atom. The van der Waals surface area contributed by atoms with E-state index in [2.05, 4.69) is 0 Å². The van der Waals surface area contributed by atoms with Crippen molar-refractivity contribution in [3.63, 3.8) is 0 Å². The van der Waals surface area contributed by atoms with Gasteiger partial charge in [0.1, 0.15) is 0 Å². The molecule has 0 amide bonds. The average Bonchev–Trinajstić information content (AvgIpc) is 3.08. The van der Waals surface area contributed by atoms with Crippen molar-refractivity contribution < 1.29 is 17.3 Å². The van der Waals surface area contributed by atoms with E-state index in [1.165, 1.54) is 0 Å². The Kier molecular flexibility index (Phi) is 3.51. The molecule has 0 N–H and O–H groups in total. The van der Waals surface area contributed by atoms with Gasteiger partial charge in [-0.2, -0.15) is 8.42 Å². The maximum atomic E-state index is 11.4. The smallest absolute Gasteiger partial charge is 0.269 e. The van der Waals surface area contributed by atoms with Gasteiger partial charge >= 0.3 is 0 Å². The molecule has 0 unspecified atom stereocenters. The molecule has 17 heavy (non-hydrogen) atoms. The second-order valence-electron chi connectivity index (χ2n) is 4.11. The van der Waals surface area contributed by atoms with Gasteiger partial charge in [0.15, 0.2) is 5.79 Å². The highest BCUT2D eigenvalue weighted by molar-refractivity contribution is 7.86. The lowest BCUT2D eigenvalue weighted by Gasteiger charge is -2.16. The van der Waals surface area contributed by atoms with Crippen LogP contribution in [0.1, 0.15) is 25.3 Å². The third-order valence-corrected chi connectivity index (χ3v) is 3.90. The first-order valence-electron chi connectivity index (χ1n) is 5.66. The molecule has 0 aliphatic heterocycles. The second kappa shape index (κ2) is 4.76. The monoisotopic (exact) mass is 256 g/mol. The van der Waals surface area contributed by atoms with Gasteiger partial charge in [0, 0.05) is 12.8 Å². The van der Waals surface area contributed by atoms with Crippen LogP contribution >= 0.6 is 0 Å². The highest BCUT2D eigenvalue weighted by Crippen LogP contribution is 2.42. The molecule has 0 heterocycles. The van der Waals surface area contributed by atoms with Crippen molar-refractivity contribution in [2.45, 2.75) is 32.2 Å². The van der Waals surface area contributed by atoms with E-state index in [9.17, 15) is 8.42 Å². The maximum absolute atomic E-state index is 11.4. The van der Waals surface area contributed by atoms with Crippen molar-refractivity contribution in [3.05, 3.63) is 35.9 Å². The van der Waals surface area contributed by atoms with Crippen LogP contribution in [0.5, 0.6) is 0 Å². The summed E-state index contributed by atoms with van der Waals surface area (Å²) in [7, 11) is -3.44. The van der Waals surface area contributed by atoms with Crippen LogP contribution in [0.3, 0.4) is 0 Å². The molecule has 0 radical (unpaired) electrons. The molecule has 1 aromatic carbocycles. The summed E-state index contributed by atoms with van der Waals surface area (Å²) in [5, 5.41) is 0. The van der Waals surface area contributed by atoms with Crippen LogP contribution in [0.25, 0.3) is 0 Å². The Morgan fingerprint density at radius 1 is 1.24 bits per heavy atom. The fourth-order valence-corrected chi connectivity index (χ4v) is 2.23. The number of hydrogen-bond acceptors (Lipinski definition) is 4. The Hall–Kier alpha value is -0.910. The minimum Gasteiger partial charge on any atom is -0.344 e. The van der Waals surface area contributed by atoms with E-state index in [1.807, 2.05) is 30.3 Å². The first kappa shape index (κ1) is 12.5. The zero-order chi connectivity index (χ0) is 12.4. The maximum Gasteiger partial charge on any atom is 0.269 e. The van der Waals surface area contributed by atoms with Gasteiger partial charge in [-0.1, -0.05) is 30.3 Å². The van der Waals surface area contributed by atoms with Crippen LogP contribution in [0.15, 0.2) is 30.3 Å². The molecule has 1 aliphatic rings. The molecule has 5 heteroatoms. The number of rotatable bonds is 6. The van der Waals surface area contributed by atoms with E-state index in [4.69, 9.17) is 8.92 Å². The molecular formula is C12H16O4S. The van der Waals surface area contributed by atoms with Crippen molar-refractivity contribution in [3.8, 4) is 0 Å². The topological polar surface area (TPSA) is 52.6 Å². The molecule has 94 valence electrons. The second-order valence-corrected chi connectivity index (χ2v) is 5.97. The molecule has 4 nitrogen and oxygen atoms in total. The van der Waals surface area contributed by atoms with Crippen LogP contribution in [-0.4, -0.2) is 20.0 Å². The van der Waals surface area contributed by atoms with Gasteiger partial charge in [-0.15, -0.1) is 0 Å². The van der Waals surface area contributed by atoms with Crippen molar-refractivity contribution in [2.24, 2.45) is 0 Å². The number of hydrogen-bond donors (Lipinski definition) is 0. The van der Waals surface area contributed by atoms with Gasteiger partial charge in [-0.05, 0) is 12.5 Å². The molecule has 1 aromatic rings. The number of ether oxygens (including phenoxy) is 1. The molecule has 1 saturated carbocycles. The fraction of sp³-hybridized carbons (Fsp3) is 0.500.